The Morgan fingerprint density at radius 3 is 3.00 bits per heavy atom. The molecule has 5 heteroatoms. The van der Waals surface area contributed by atoms with Crippen molar-refractivity contribution >= 4 is 17.5 Å². The van der Waals surface area contributed by atoms with Gasteiger partial charge < -0.3 is 15.7 Å². The number of aliphatic hydroxyl groups excluding tert-OH is 1. The number of fused-ring (bicyclic) bond motifs is 1. The summed E-state index contributed by atoms with van der Waals surface area (Å²) in [5.41, 5.74) is 1.98. The van der Waals surface area contributed by atoms with Crippen LogP contribution in [0.5, 0.6) is 0 Å². The molecule has 1 aliphatic rings. The molecule has 1 aromatic rings. The number of anilines is 1. The maximum atomic E-state index is 11.9. The highest BCUT2D eigenvalue weighted by Crippen LogP contribution is 2.27. The van der Waals surface area contributed by atoms with E-state index in [1.807, 2.05) is 24.3 Å². The fourth-order valence-electron chi connectivity index (χ4n) is 2.24. The second-order valence-electron chi connectivity index (χ2n) is 4.66. The Balaban J connectivity index is 1.89. The lowest BCUT2D eigenvalue weighted by Crippen LogP contribution is -2.32. The Hall–Kier alpha value is -1.88. The summed E-state index contributed by atoms with van der Waals surface area (Å²) >= 11 is 0. The van der Waals surface area contributed by atoms with Crippen LogP contribution in [0.1, 0.15) is 18.4 Å². The van der Waals surface area contributed by atoms with E-state index in [1.54, 1.807) is 0 Å². The number of hydrogen-bond acceptors (Lipinski definition) is 3. The number of hydrogen-bond donors (Lipinski definition) is 3. The third-order valence-corrected chi connectivity index (χ3v) is 3.27. The van der Waals surface area contributed by atoms with Gasteiger partial charge in [0.25, 0.3) is 0 Å². The van der Waals surface area contributed by atoms with Crippen molar-refractivity contribution in [2.24, 2.45) is 5.92 Å². The second kappa shape index (κ2) is 6.33. The molecule has 0 spiro atoms. The molecule has 5 nitrogen and oxygen atoms in total. The molecule has 1 aromatic carbocycles. The molecule has 1 atom stereocenters. The summed E-state index contributed by atoms with van der Waals surface area (Å²) in [7, 11) is 0. The first-order valence-electron chi connectivity index (χ1n) is 6.47. The van der Waals surface area contributed by atoms with E-state index in [0.29, 0.717) is 19.3 Å². The van der Waals surface area contributed by atoms with Crippen molar-refractivity contribution in [3.8, 4) is 0 Å². The maximum absolute atomic E-state index is 11.9. The Kier molecular flexibility index (Phi) is 4.52. The minimum absolute atomic E-state index is 0.0198. The van der Waals surface area contributed by atoms with Gasteiger partial charge in [-0.1, -0.05) is 18.2 Å². The molecule has 2 rings (SSSR count). The molecule has 0 saturated carbocycles. The average Bonchev–Trinajstić information content (AvgIpc) is 2.42. The summed E-state index contributed by atoms with van der Waals surface area (Å²) < 4.78 is 0. The minimum Gasteiger partial charge on any atom is -0.395 e. The molecule has 0 fully saturated rings. The van der Waals surface area contributed by atoms with Crippen LogP contribution >= 0.6 is 0 Å². The van der Waals surface area contributed by atoms with Gasteiger partial charge in [-0.05, 0) is 24.5 Å². The van der Waals surface area contributed by atoms with E-state index < -0.39 is 0 Å². The molecular weight excluding hydrogens is 244 g/mol. The van der Waals surface area contributed by atoms with Gasteiger partial charge in [0.05, 0.1) is 6.61 Å². The van der Waals surface area contributed by atoms with E-state index in [0.717, 1.165) is 11.3 Å². The monoisotopic (exact) mass is 262 g/mol. The molecule has 3 N–H and O–H groups in total. The number of nitrogens with one attached hydrogen (secondary N) is 2. The Morgan fingerprint density at radius 2 is 2.21 bits per heavy atom. The van der Waals surface area contributed by atoms with Crippen LogP contribution in [0.15, 0.2) is 24.3 Å². The number of aliphatic hydroxyl groups is 1. The molecule has 0 bridgehead atoms. The first-order chi connectivity index (χ1) is 9.20. The first-order valence-corrected chi connectivity index (χ1v) is 6.47. The zero-order valence-corrected chi connectivity index (χ0v) is 10.7. The number of benzene rings is 1. The molecule has 0 aliphatic carbocycles. The van der Waals surface area contributed by atoms with E-state index >= 15 is 0 Å². The molecule has 2 amide bonds. The van der Waals surface area contributed by atoms with Crippen LogP contribution in [-0.4, -0.2) is 30.1 Å². The van der Waals surface area contributed by atoms with Crippen molar-refractivity contribution < 1.29 is 14.7 Å². The van der Waals surface area contributed by atoms with Crippen molar-refractivity contribution in [3.63, 3.8) is 0 Å². The van der Waals surface area contributed by atoms with Gasteiger partial charge in [0.2, 0.25) is 11.8 Å². The minimum atomic E-state index is -0.158. The van der Waals surface area contributed by atoms with Crippen molar-refractivity contribution in [2.45, 2.75) is 19.3 Å². The van der Waals surface area contributed by atoms with Crippen molar-refractivity contribution in [1.82, 2.24) is 5.32 Å². The first kappa shape index (κ1) is 13.5. The molecule has 0 radical (unpaired) electrons. The Labute approximate surface area is 112 Å². The van der Waals surface area contributed by atoms with Crippen LogP contribution < -0.4 is 10.6 Å². The summed E-state index contributed by atoms with van der Waals surface area (Å²) in [5.74, 6) is -0.302. The SMILES string of the molecule is O=C(CCC1Cc2ccccc2NC1=O)NCCO. The molecule has 0 saturated heterocycles. The van der Waals surface area contributed by atoms with Crippen molar-refractivity contribution in [2.75, 3.05) is 18.5 Å². The summed E-state index contributed by atoms with van der Waals surface area (Å²) in [5, 5.41) is 14.1. The maximum Gasteiger partial charge on any atom is 0.227 e. The van der Waals surface area contributed by atoms with E-state index in [9.17, 15) is 9.59 Å². The highest BCUT2D eigenvalue weighted by atomic mass is 16.3. The summed E-state index contributed by atoms with van der Waals surface area (Å²) in [4.78, 5) is 23.3. The van der Waals surface area contributed by atoms with Crippen LogP contribution in [0.4, 0.5) is 5.69 Å². The lowest BCUT2D eigenvalue weighted by molar-refractivity contribution is -0.122. The highest BCUT2D eigenvalue weighted by Gasteiger charge is 2.25. The molecule has 1 heterocycles. The molecular formula is C14H18N2O3. The van der Waals surface area contributed by atoms with E-state index in [1.165, 1.54) is 0 Å². The zero-order valence-electron chi connectivity index (χ0n) is 10.7. The molecule has 102 valence electrons. The number of para-hydroxylation sites is 1. The third-order valence-electron chi connectivity index (χ3n) is 3.27. The van der Waals surface area contributed by atoms with Crippen LogP contribution in [0.2, 0.25) is 0 Å². The molecule has 19 heavy (non-hydrogen) atoms. The van der Waals surface area contributed by atoms with Crippen LogP contribution in [0.3, 0.4) is 0 Å². The van der Waals surface area contributed by atoms with Crippen LogP contribution in [0, 0.1) is 5.92 Å². The number of rotatable bonds is 5. The quantitative estimate of drug-likeness (QED) is 0.730. The predicted molar refractivity (Wildman–Crippen MR) is 71.6 cm³/mol. The second-order valence-corrected chi connectivity index (χ2v) is 4.66. The van der Waals surface area contributed by atoms with Gasteiger partial charge >= 0.3 is 0 Å². The van der Waals surface area contributed by atoms with Gasteiger partial charge in [-0.15, -0.1) is 0 Å². The van der Waals surface area contributed by atoms with E-state index in [4.69, 9.17) is 5.11 Å². The van der Waals surface area contributed by atoms with Crippen LogP contribution in [-0.2, 0) is 16.0 Å². The molecule has 1 unspecified atom stereocenters. The van der Waals surface area contributed by atoms with Gasteiger partial charge in [-0.25, -0.2) is 0 Å². The Bertz CT molecular complexity index is 474. The van der Waals surface area contributed by atoms with Gasteiger partial charge in [0.1, 0.15) is 0 Å². The van der Waals surface area contributed by atoms with E-state index in [-0.39, 0.29) is 30.9 Å². The largest absolute Gasteiger partial charge is 0.395 e. The standard InChI is InChI=1S/C14H18N2O3/c17-8-7-15-13(18)6-5-11-9-10-3-1-2-4-12(10)16-14(11)19/h1-4,11,17H,5-9H2,(H,15,18)(H,16,19). The van der Waals surface area contributed by atoms with E-state index in [2.05, 4.69) is 10.6 Å². The lowest BCUT2D eigenvalue weighted by Gasteiger charge is -2.24. The fraction of sp³-hybridized carbons (Fsp3) is 0.429. The van der Waals surface area contributed by atoms with Gasteiger partial charge in [-0.2, -0.15) is 0 Å². The summed E-state index contributed by atoms with van der Waals surface area (Å²) in [6, 6.07) is 7.72. The summed E-state index contributed by atoms with van der Waals surface area (Å²) in [6.45, 7) is 0.196. The smallest absolute Gasteiger partial charge is 0.227 e. The van der Waals surface area contributed by atoms with Crippen molar-refractivity contribution in [1.29, 1.82) is 0 Å². The van der Waals surface area contributed by atoms with Crippen LogP contribution in [0.25, 0.3) is 0 Å². The Morgan fingerprint density at radius 1 is 1.42 bits per heavy atom. The number of carbonyl (C=O) groups is 2. The van der Waals surface area contributed by atoms with Crippen molar-refractivity contribution in [3.05, 3.63) is 29.8 Å². The highest BCUT2D eigenvalue weighted by molar-refractivity contribution is 5.96. The topological polar surface area (TPSA) is 78.4 Å². The third kappa shape index (κ3) is 3.54. The number of amides is 2. The normalized spacial score (nSPS) is 17.5. The molecule has 1 aliphatic heterocycles. The predicted octanol–water partition coefficient (Wildman–Crippen LogP) is 0.686. The molecule has 0 aromatic heterocycles. The average molecular weight is 262 g/mol. The lowest BCUT2D eigenvalue weighted by atomic mass is 9.89. The fourth-order valence-corrected chi connectivity index (χ4v) is 2.24. The number of carbonyl (C=O) groups excluding carboxylic acids is 2. The zero-order chi connectivity index (χ0) is 13.7. The summed E-state index contributed by atoms with van der Waals surface area (Å²) in [6.07, 6.45) is 1.51. The van der Waals surface area contributed by atoms with Gasteiger partial charge in [0, 0.05) is 24.6 Å². The van der Waals surface area contributed by atoms with Gasteiger partial charge in [-0.3, -0.25) is 9.59 Å². The van der Waals surface area contributed by atoms with Gasteiger partial charge in [0.15, 0.2) is 0 Å².